The highest BCUT2D eigenvalue weighted by atomic mass is 35.5. The van der Waals surface area contributed by atoms with Crippen molar-refractivity contribution in [3.05, 3.63) is 16.4 Å². The van der Waals surface area contributed by atoms with Gasteiger partial charge < -0.3 is 5.32 Å². The normalized spacial score (nSPS) is 11.2. The van der Waals surface area contributed by atoms with Crippen molar-refractivity contribution in [3.8, 4) is 0 Å². The molecule has 0 spiro atoms. The van der Waals surface area contributed by atoms with Crippen LogP contribution in [0.1, 0.15) is 31.5 Å². The first kappa shape index (κ1) is 14.2. The lowest BCUT2D eigenvalue weighted by molar-refractivity contribution is -0.118. The fourth-order valence-corrected chi connectivity index (χ4v) is 1.90. The van der Waals surface area contributed by atoms with E-state index in [1.54, 1.807) is 11.7 Å². The lowest BCUT2D eigenvalue weighted by Crippen LogP contribution is -2.25. The number of carbonyl (C=O) groups excluding carboxylic acids is 1. The molecular formula is C12H20ClN3O. The van der Waals surface area contributed by atoms with Gasteiger partial charge in [0, 0.05) is 38.0 Å². The molecule has 0 aliphatic heterocycles. The van der Waals surface area contributed by atoms with Gasteiger partial charge in [-0.15, -0.1) is 0 Å². The summed E-state index contributed by atoms with van der Waals surface area (Å²) in [6.45, 7) is 6.72. The first-order valence-electron chi connectivity index (χ1n) is 5.85. The molecule has 0 radical (unpaired) electrons. The predicted molar refractivity (Wildman–Crippen MR) is 69.4 cm³/mol. The second-order valence-electron chi connectivity index (χ2n) is 4.55. The Balaban J connectivity index is 2.51. The number of nitrogens with zero attached hydrogens (tertiary/aromatic N) is 2. The second kappa shape index (κ2) is 6.17. The summed E-state index contributed by atoms with van der Waals surface area (Å²) in [6, 6.07) is 0.409. The standard InChI is InChI=1S/C12H20ClN3O/c1-8(2)14-6-5-10(17)7-11-9(3)15-16(4)12(11)13/h8,14H,5-7H2,1-4H3. The molecule has 0 fully saturated rings. The summed E-state index contributed by atoms with van der Waals surface area (Å²) in [5, 5.41) is 7.97. The van der Waals surface area contributed by atoms with Crippen molar-refractivity contribution >= 4 is 17.4 Å². The van der Waals surface area contributed by atoms with Crippen molar-refractivity contribution in [3.63, 3.8) is 0 Å². The van der Waals surface area contributed by atoms with Gasteiger partial charge in [0.1, 0.15) is 10.9 Å². The second-order valence-corrected chi connectivity index (χ2v) is 4.91. The molecule has 96 valence electrons. The van der Waals surface area contributed by atoms with Gasteiger partial charge in [0.2, 0.25) is 0 Å². The largest absolute Gasteiger partial charge is 0.314 e. The third kappa shape index (κ3) is 4.13. The van der Waals surface area contributed by atoms with Crippen molar-refractivity contribution < 1.29 is 4.79 Å². The van der Waals surface area contributed by atoms with E-state index in [0.29, 0.717) is 30.6 Å². The summed E-state index contributed by atoms with van der Waals surface area (Å²) in [7, 11) is 1.78. The maximum atomic E-state index is 11.8. The van der Waals surface area contributed by atoms with Crippen LogP contribution in [-0.4, -0.2) is 28.2 Å². The lowest BCUT2D eigenvalue weighted by Gasteiger charge is -2.07. The smallest absolute Gasteiger partial charge is 0.138 e. The molecule has 0 bridgehead atoms. The van der Waals surface area contributed by atoms with Crippen molar-refractivity contribution in [2.75, 3.05) is 6.54 Å². The number of aromatic nitrogens is 2. The van der Waals surface area contributed by atoms with E-state index in [-0.39, 0.29) is 5.78 Å². The first-order valence-corrected chi connectivity index (χ1v) is 6.22. The molecule has 4 nitrogen and oxygen atoms in total. The fraction of sp³-hybridized carbons (Fsp3) is 0.667. The van der Waals surface area contributed by atoms with Crippen LogP contribution in [0.2, 0.25) is 5.15 Å². The summed E-state index contributed by atoms with van der Waals surface area (Å²) in [5.41, 5.74) is 1.69. The molecule has 17 heavy (non-hydrogen) atoms. The molecule has 1 rings (SSSR count). The zero-order valence-electron chi connectivity index (χ0n) is 10.9. The number of hydrogen-bond acceptors (Lipinski definition) is 3. The Morgan fingerprint density at radius 3 is 2.65 bits per heavy atom. The summed E-state index contributed by atoms with van der Waals surface area (Å²) < 4.78 is 1.60. The number of nitrogens with one attached hydrogen (secondary N) is 1. The van der Waals surface area contributed by atoms with E-state index in [0.717, 1.165) is 11.3 Å². The average molecular weight is 258 g/mol. The molecule has 0 amide bonds. The van der Waals surface area contributed by atoms with Gasteiger partial charge in [-0.3, -0.25) is 9.48 Å². The van der Waals surface area contributed by atoms with Gasteiger partial charge in [-0.25, -0.2) is 0 Å². The molecule has 1 N–H and O–H groups in total. The van der Waals surface area contributed by atoms with Gasteiger partial charge in [0.15, 0.2) is 0 Å². The number of halogens is 1. The van der Waals surface area contributed by atoms with Crippen molar-refractivity contribution in [2.24, 2.45) is 7.05 Å². The van der Waals surface area contributed by atoms with E-state index in [1.807, 2.05) is 6.92 Å². The zero-order valence-corrected chi connectivity index (χ0v) is 11.6. The van der Waals surface area contributed by atoms with Crippen LogP contribution in [0.5, 0.6) is 0 Å². The molecule has 1 aromatic rings. The highest BCUT2D eigenvalue weighted by Gasteiger charge is 2.14. The molecule has 1 aromatic heterocycles. The van der Waals surface area contributed by atoms with Crippen LogP contribution in [0.3, 0.4) is 0 Å². The Bertz CT molecular complexity index is 399. The number of rotatable bonds is 6. The number of ketones is 1. The van der Waals surface area contributed by atoms with E-state index in [4.69, 9.17) is 11.6 Å². The Hall–Kier alpha value is -0.870. The SMILES string of the molecule is Cc1nn(C)c(Cl)c1CC(=O)CCNC(C)C. The topological polar surface area (TPSA) is 46.9 Å². The minimum Gasteiger partial charge on any atom is -0.314 e. The van der Waals surface area contributed by atoms with Gasteiger partial charge in [-0.05, 0) is 6.92 Å². The summed E-state index contributed by atoms with van der Waals surface area (Å²) in [4.78, 5) is 11.8. The Morgan fingerprint density at radius 1 is 1.53 bits per heavy atom. The lowest BCUT2D eigenvalue weighted by atomic mass is 10.1. The van der Waals surface area contributed by atoms with Crippen LogP contribution in [0.4, 0.5) is 0 Å². The molecule has 5 heteroatoms. The Kier molecular flexibility index (Phi) is 5.15. The summed E-state index contributed by atoms with van der Waals surface area (Å²) in [5.74, 6) is 0.191. The monoisotopic (exact) mass is 257 g/mol. The highest BCUT2D eigenvalue weighted by molar-refractivity contribution is 6.30. The van der Waals surface area contributed by atoms with Crippen LogP contribution >= 0.6 is 11.6 Å². The van der Waals surface area contributed by atoms with Gasteiger partial charge in [-0.1, -0.05) is 25.4 Å². The molecule has 0 saturated heterocycles. The quantitative estimate of drug-likeness (QED) is 0.847. The van der Waals surface area contributed by atoms with Gasteiger partial charge in [-0.2, -0.15) is 5.10 Å². The summed E-state index contributed by atoms with van der Waals surface area (Å²) in [6.07, 6.45) is 0.904. The molecular weight excluding hydrogens is 238 g/mol. The number of carbonyl (C=O) groups is 1. The molecule has 0 saturated carbocycles. The van der Waals surface area contributed by atoms with Gasteiger partial charge in [0.25, 0.3) is 0 Å². The maximum absolute atomic E-state index is 11.8. The molecule has 0 aliphatic carbocycles. The van der Waals surface area contributed by atoms with Crippen molar-refractivity contribution in [1.29, 1.82) is 0 Å². The predicted octanol–water partition coefficient (Wildman–Crippen LogP) is 1.88. The number of Topliss-reactive ketones (excluding diaryl/α,β-unsaturated/α-hetero) is 1. The van der Waals surface area contributed by atoms with Crippen molar-refractivity contribution in [2.45, 2.75) is 39.7 Å². The van der Waals surface area contributed by atoms with E-state index in [9.17, 15) is 4.79 Å². The summed E-state index contributed by atoms with van der Waals surface area (Å²) >= 11 is 6.08. The van der Waals surface area contributed by atoms with Crippen LogP contribution in [0.15, 0.2) is 0 Å². The average Bonchev–Trinajstić information content (AvgIpc) is 2.44. The van der Waals surface area contributed by atoms with E-state index in [2.05, 4.69) is 24.3 Å². The first-order chi connectivity index (χ1) is 7.91. The van der Waals surface area contributed by atoms with Gasteiger partial charge >= 0.3 is 0 Å². The molecule has 0 atom stereocenters. The van der Waals surface area contributed by atoms with Gasteiger partial charge in [0.05, 0.1) is 5.69 Å². The van der Waals surface area contributed by atoms with Crippen LogP contribution in [0.25, 0.3) is 0 Å². The highest BCUT2D eigenvalue weighted by Crippen LogP contribution is 2.19. The molecule has 0 aromatic carbocycles. The van der Waals surface area contributed by atoms with E-state index in [1.165, 1.54) is 0 Å². The minimum absolute atomic E-state index is 0.191. The van der Waals surface area contributed by atoms with Crippen LogP contribution in [0, 0.1) is 6.92 Å². The molecule has 1 heterocycles. The van der Waals surface area contributed by atoms with E-state index < -0.39 is 0 Å². The van der Waals surface area contributed by atoms with Crippen LogP contribution in [-0.2, 0) is 18.3 Å². The Labute approximate surface area is 107 Å². The Morgan fingerprint density at radius 2 is 2.18 bits per heavy atom. The van der Waals surface area contributed by atoms with Crippen molar-refractivity contribution in [1.82, 2.24) is 15.1 Å². The minimum atomic E-state index is 0.191. The third-order valence-corrected chi connectivity index (χ3v) is 3.07. The number of hydrogen-bond donors (Lipinski definition) is 1. The maximum Gasteiger partial charge on any atom is 0.138 e. The third-order valence-electron chi connectivity index (χ3n) is 2.60. The van der Waals surface area contributed by atoms with E-state index >= 15 is 0 Å². The number of aryl methyl sites for hydroxylation is 2. The fourth-order valence-electron chi connectivity index (χ4n) is 1.66. The molecule has 0 aliphatic rings. The molecule has 0 unspecified atom stereocenters. The van der Waals surface area contributed by atoms with Crippen LogP contribution < -0.4 is 5.32 Å². The zero-order chi connectivity index (χ0) is 13.0.